The number of aliphatic hydroxyl groups is 11. The van der Waals surface area contributed by atoms with Crippen molar-refractivity contribution in [3.63, 3.8) is 0 Å². The maximum absolute atomic E-state index is 11.0. The molecule has 0 bridgehead atoms. The van der Waals surface area contributed by atoms with Gasteiger partial charge in [-0.15, -0.1) is 11.6 Å². The van der Waals surface area contributed by atoms with Crippen LogP contribution >= 0.6 is 11.6 Å². The summed E-state index contributed by atoms with van der Waals surface area (Å²) in [5.74, 6) is 0.108. The minimum Gasteiger partial charge on any atom is -0.394 e. The van der Waals surface area contributed by atoms with Gasteiger partial charge in [0.05, 0.1) is 174 Å². The van der Waals surface area contributed by atoms with Crippen molar-refractivity contribution in [3.05, 3.63) is 0 Å². The van der Waals surface area contributed by atoms with Crippen LogP contribution in [0.2, 0.25) is 0 Å². The van der Waals surface area contributed by atoms with E-state index in [1.165, 1.54) is 0 Å². The number of hydrogen-bond donors (Lipinski definition) is 11. The van der Waals surface area contributed by atoms with Gasteiger partial charge in [-0.1, -0.05) is 14.9 Å². The summed E-state index contributed by atoms with van der Waals surface area (Å²) in [5, 5.41) is 108. The molecule has 0 saturated carbocycles. The Morgan fingerprint density at radius 1 is 0.370 bits per heavy atom. The fourth-order valence-electron chi connectivity index (χ4n) is 7.68. The molecule has 22 atom stereocenters. The van der Waals surface area contributed by atoms with Crippen molar-refractivity contribution in [2.45, 2.75) is 207 Å². The summed E-state index contributed by atoms with van der Waals surface area (Å²) < 4.78 is 79.6. The predicted molar refractivity (Wildman–Crippen MR) is 282 cm³/mol. The van der Waals surface area contributed by atoms with E-state index in [2.05, 4.69) is 0 Å². The Bertz CT molecular complexity index is 1510. The van der Waals surface area contributed by atoms with E-state index in [0.29, 0.717) is 117 Å². The zero-order chi connectivity index (χ0) is 55.8. The normalized spacial score (nSPS) is 30.3. The standard InChI is InChI=1S/C19H32O9.C16H28O8.C13H24O7.C3H7ClO2.2CH4.Y/c20-16(3-1-2-12-5-23-12)19(28-10-15-8-26-15)18(21)17(27-9-14-7-25-14)11-22-4-13-6-24-13;17-13(3-1-2-10-5-21-10)15(18)16(19)14(24-8-12-7-23-12)9-20-4-11-6-22-11;14-10(3-1-2-8-5-19-8)12(16)13(17)11(15)7-18-4-9-6-20-9;4-1-3(6)2-5;;;/h12-21H,1-11H2;10-19H,1-9H2;8-17H,1-7H2;3,5-6H,1-2H2;2*1H4;. The molecular weight excluding hydrogens is 1180 g/mol. The number of epoxide rings is 9. The van der Waals surface area contributed by atoms with Crippen LogP contribution in [0.15, 0.2) is 0 Å². The molecule has 0 aromatic rings. The number of rotatable bonds is 44. The van der Waals surface area contributed by atoms with Gasteiger partial charge in [-0.25, -0.2) is 0 Å². The van der Waals surface area contributed by atoms with Crippen LogP contribution in [0.25, 0.3) is 0 Å². The SMILES string of the molecule is C.C.OC(CCCC1CO1)C(O)C(O)C(COCC1CO1)OCC1CO1.OC(CCCC1CO1)C(O)C(O)C(O)COCC1CO1.OC(CCCC1CO1)C(OCC1CO1)C(O)C(COCC1CO1)OCC1CO1.OCC(O)CCl.[Y]. The molecular formula is C53H99ClO26Y. The van der Waals surface area contributed by atoms with Gasteiger partial charge in [0.15, 0.2) is 0 Å². The fraction of sp³-hybridized carbons (Fsp3) is 1.00. The van der Waals surface area contributed by atoms with E-state index in [-0.39, 0.29) is 123 Å². The van der Waals surface area contributed by atoms with Crippen molar-refractivity contribution in [2.75, 3.05) is 131 Å². The third kappa shape index (κ3) is 35.2. The monoisotopic (exact) mass is 1280 g/mol. The molecule has 9 saturated heterocycles. The molecule has 11 N–H and O–H groups in total. The van der Waals surface area contributed by atoms with Gasteiger partial charge in [-0.2, -0.15) is 0 Å². The van der Waals surface area contributed by atoms with Crippen molar-refractivity contribution in [1.82, 2.24) is 0 Å². The average molecular weight is 1280 g/mol. The Kier molecular flexibility index (Phi) is 38.8. The van der Waals surface area contributed by atoms with Crippen LogP contribution in [0, 0.1) is 0 Å². The Labute approximate surface area is 507 Å². The molecule has 9 fully saturated rings. The van der Waals surface area contributed by atoms with E-state index >= 15 is 0 Å². The Morgan fingerprint density at radius 3 is 1.00 bits per heavy atom. The maximum atomic E-state index is 11.0. The van der Waals surface area contributed by atoms with Gasteiger partial charge in [0, 0.05) is 32.7 Å². The summed E-state index contributed by atoms with van der Waals surface area (Å²) in [6.07, 6.45) is -5.69. The summed E-state index contributed by atoms with van der Waals surface area (Å²) >= 11 is 5.04. The number of hydrogen-bond acceptors (Lipinski definition) is 26. The van der Waals surface area contributed by atoms with Crippen molar-refractivity contribution in [2.24, 2.45) is 0 Å². The van der Waals surface area contributed by atoms with Crippen LogP contribution in [-0.4, -0.2) is 322 Å². The first kappa shape index (κ1) is 75.6. The summed E-state index contributed by atoms with van der Waals surface area (Å²) in [4.78, 5) is 0. The molecule has 9 rings (SSSR count). The van der Waals surface area contributed by atoms with Gasteiger partial charge < -0.3 is 127 Å². The molecule has 9 aliphatic rings. The quantitative estimate of drug-likeness (QED) is 0.0219. The van der Waals surface area contributed by atoms with Gasteiger partial charge in [0.1, 0.15) is 91.6 Å². The van der Waals surface area contributed by atoms with E-state index in [9.17, 15) is 46.0 Å². The maximum Gasteiger partial charge on any atom is 0.112 e. The Balaban J connectivity index is 0.000000301. The average Bonchev–Trinajstić information content (AvgIpc) is 4.26. The van der Waals surface area contributed by atoms with Gasteiger partial charge in [0.25, 0.3) is 0 Å². The molecule has 81 heavy (non-hydrogen) atoms. The predicted octanol–water partition coefficient (Wildman–Crippen LogP) is -2.64. The third-order valence-corrected chi connectivity index (χ3v) is 14.0. The first-order chi connectivity index (χ1) is 37.7. The smallest absolute Gasteiger partial charge is 0.112 e. The van der Waals surface area contributed by atoms with Crippen molar-refractivity contribution >= 4 is 11.6 Å². The number of ether oxygens (including phenoxy) is 15. The van der Waals surface area contributed by atoms with Crippen molar-refractivity contribution < 1.29 is 160 Å². The first-order valence-electron chi connectivity index (χ1n) is 27.8. The zero-order valence-electron chi connectivity index (χ0n) is 45.2. The third-order valence-electron chi connectivity index (χ3n) is 13.7. The van der Waals surface area contributed by atoms with Crippen LogP contribution in [-0.2, 0) is 104 Å². The number of aliphatic hydroxyl groups excluding tert-OH is 11. The number of alkyl halides is 1. The molecule has 477 valence electrons. The topological polar surface area (TPSA) is 391 Å². The molecule has 0 spiro atoms. The van der Waals surface area contributed by atoms with Gasteiger partial charge in [-0.05, 0) is 57.8 Å². The Morgan fingerprint density at radius 2 is 0.667 bits per heavy atom. The summed E-state index contributed by atoms with van der Waals surface area (Å²) in [7, 11) is 0. The summed E-state index contributed by atoms with van der Waals surface area (Å²) in [6.45, 7) is 8.72. The molecule has 9 heterocycles. The van der Waals surface area contributed by atoms with Crippen LogP contribution in [0.1, 0.15) is 72.6 Å². The minimum atomic E-state index is -1.43. The second-order valence-corrected chi connectivity index (χ2v) is 21.6. The van der Waals surface area contributed by atoms with Crippen LogP contribution < -0.4 is 0 Å². The fourth-order valence-corrected chi connectivity index (χ4v) is 7.78. The zero-order valence-corrected chi connectivity index (χ0v) is 48.8. The van der Waals surface area contributed by atoms with Gasteiger partial charge in [0.2, 0.25) is 0 Å². The molecule has 0 aliphatic carbocycles. The van der Waals surface area contributed by atoms with E-state index in [1.54, 1.807) is 0 Å². The van der Waals surface area contributed by atoms with Crippen LogP contribution in [0.3, 0.4) is 0 Å². The second-order valence-electron chi connectivity index (χ2n) is 21.3. The van der Waals surface area contributed by atoms with Crippen molar-refractivity contribution in [3.8, 4) is 0 Å². The minimum absolute atomic E-state index is 0. The Hall–Kier alpha value is 0.354. The van der Waals surface area contributed by atoms with Gasteiger partial charge >= 0.3 is 0 Å². The molecule has 22 unspecified atom stereocenters. The van der Waals surface area contributed by atoms with E-state index < -0.39 is 79.4 Å². The van der Waals surface area contributed by atoms with E-state index in [1.807, 2.05) is 0 Å². The molecule has 9 aliphatic heterocycles. The molecule has 1 radical (unpaired) electrons. The van der Waals surface area contributed by atoms with Crippen LogP contribution in [0.4, 0.5) is 0 Å². The molecule has 28 heteroatoms. The van der Waals surface area contributed by atoms with E-state index in [0.717, 1.165) is 51.9 Å². The molecule has 26 nitrogen and oxygen atoms in total. The second kappa shape index (κ2) is 41.5. The van der Waals surface area contributed by atoms with Gasteiger partial charge in [-0.3, -0.25) is 0 Å². The molecule has 0 aromatic heterocycles. The number of halogens is 1. The molecule has 0 aromatic carbocycles. The van der Waals surface area contributed by atoms with E-state index in [4.69, 9.17) is 92.9 Å². The van der Waals surface area contributed by atoms with Crippen LogP contribution in [0.5, 0.6) is 0 Å². The molecule has 0 amide bonds. The van der Waals surface area contributed by atoms with Crippen molar-refractivity contribution in [1.29, 1.82) is 0 Å². The summed E-state index contributed by atoms with van der Waals surface area (Å²) in [6, 6.07) is 0. The largest absolute Gasteiger partial charge is 0.394 e. The summed E-state index contributed by atoms with van der Waals surface area (Å²) in [5.41, 5.74) is 0. The first-order valence-corrected chi connectivity index (χ1v) is 28.3.